The van der Waals surface area contributed by atoms with Crippen LogP contribution in [-0.2, 0) is 11.2 Å². The zero-order chi connectivity index (χ0) is 13.0. The van der Waals surface area contributed by atoms with Gasteiger partial charge in [-0.1, -0.05) is 38.5 Å². The molecule has 0 radical (unpaired) electrons. The van der Waals surface area contributed by atoms with Gasteiger partial charge in [-0.05, 0) is 24.1 Å². The van der Waals surface area contributed by atoms with Gasteiger partial charge in [0.25, 0.3) is 0 Å². The van der Waals surface area contributed by atoms with E-state index in [1.807, 2.05) is 37.3 Å². The highest BCUT2D eigenvalue weighted by Gasteiger charge is 2.13. The summed E-state index contributed by atoms with van der Waals surface area (Å²) in [4.78, 5) is 16.4. The first-order valence-corrected chi connectivity index (χ1v) is 6.57. The maximum atomic E-state index is 12.1. The Balaban J connectivity index is 2.24. The SMILES string of the molecule is CCCC(C)C(=O)Cc1ccnc2ccccc12. The van der Waals surface area contributed by atoms with Crippen LogP contribution >= 0.6 is 0 Å². The number of ketones is 1. The van der Waals surface area contributed by atoms with Crippen LogP contribution in [0.5, 0.6) is 0 Å². The number of aromatic nitrogens is 1. The molecule has 1 heterocycles. The number of hydrogen-bond acceptors (Lipinski definition) is 2. The van der Waals surface area contributed by atoms with E-state index in [4.69, 9.17) is 0 Å². The first-order valence-electron chi connectivity index (χ1n) is 6.57. The third kappa shape index (κ3) is 2.76. The van der Waals surface area contributed by atoms with Crippen molar-refractivity contribution in [2.24, 2.45) is 5.92 Å². The van der Waals surface area contributed by atoms with E-state index < -0.39 is 0 Å². The molecule has 0 saturated heterocycles. The molecule has 2 nitrogen and oxygen atoms in total. The number of Topliss-reactive ketones (excluding diaryl/α,β-unsaturated/α-hetero) is 1. The van der Waals surface area contributed by atoms with Crippen LogP contribution in [0.3, 0.4) is 0 Å². The second-order valence-electron chi connectivity index (χ2n) is 4.82. The van der Waals surface area contributed by atoms with Crippen molar-refractivity contribution in [1.29, 1.82) is 0 Å². The van der Waals surface area contributed by atoms with Crippen LogP contribution in [0.4, 0.5) is 0 Å². The lowest BCUT2D eigenvalue weighted by atomic mass is 9.94. The minimum atomic E-state index is 0.155. The molecule has 1 unspecified atom stereocenters. The van der Waals surface area contributed by atoms with Gasteiger partial charge in [0, 0.05) is 23.9 Å². The molecular weight excluding hydrogens is 222 g/mol. The van der Waals surface area contributed by atoms with E-state index in [9.17, 15) is 4.79 Å². The second-order valence-corrected chi connectivity index (χ2v) is 4.82. The quantitative estimate of drug-likeness (QED) is 0.797. The Morgan fingerprint density at radius 1 is 1.28 bits per heavy atom. The summed E-state index contributed by atoms with van der Waals surface area (Å²) in [7, 11) is 0. The smallest absolute Gasteiger partial charge is 0.140 e. The van der Waals surface area contributed by atoms with Crippen LogP contribution < -0.4 is 0 Å². The molecule has 0 amide bonds. The van der Waals surface area contributed by atoms with E-state index in [0.717, 1.165) is 29.3 Å². The van der Waals surface area contributed by atoms with Gasteiger partial charge in [0.05, 0.1) is 5.52 Å². The number of fused-ring (bicyclic) bond motifs is 1. The first-order chi connectivity index (χ1) is 8.72. The molecule has 0 spiro atoms. The summed E-state index contributed by atoms with van der Waals surface area (Å²) < 4.78 is 0. The fourth-order valence-corrected chi connectivity index (χ4v) is 2.27. The number of carbonyl (C=O) groups excluding carboxylic acids is 1. The molecule has 2 aromatic rings. The van der Waals surface area contributed by atoms with Crippen LogP contribution in [0.15, 0.2) is 36.5 Å². The monoisotopic (exact) mass is 241 g/mol. The number of pyridine rings is 1. The molecular formula is C16H19NO. The minimum absolute atomic E-state index is 0.155. The summed E-state index contributed by atoms with van der Waals surface area (Å²) in [5.41, 5.74) is 2.06. The zero-order valence-corrected chi connectivity index (χ0v) is 11.0. The largest absolute Gasteiger partial charge is 0.299 e. The van der Waals surface area contributed by atoms with E-state index >= 15 is 0 Å². The summed E-state index contributed by atoms with van der Waals surface area (Å²) in [6.45, 7) is 4.14. The molecule has 94 valence electrons. The summed E-state index contributed by atoms with van der Waals surface area (Å²) in [5.74, 6) is 0.482. The van der Waals surface area contributed by atoms with Crippen molar-refractivity contribution >= 4 is 16.7 Å². The Labute approximate surface area is 108 Å². The molecule has 0 fully saturated rings. The van der Waals surface area contributed by atoms with Crippen LogP contribution in [0, 0.1) is 5.92 Å². The van der Waals surface area contributed by atoms with Gasteiger partial charge in [-0.15, -0.1) is 0 Å². The van der Waals surface area contributed by atoms with Crippen LogP contribution in [0.1, 0.15) is 32.3 Å². The van der Waals surface area contributed by atoms with Gasteiger partial charge in [0.2, 0.25) is 0 Å². The van der Waals surface area contributed by atoms with Gasteiger partial charge < -0.3 is 0 Å². The van der Waals surface area contributed by atoms with Crippen molar-refractivity contribution in [3.63, 3.8) is 0 Å². The predicted octanol–water partition coefficient (Wildman–Crippen LogP) is 3.78. The number of rotatable bonds is 5. The fourth-order valence-electron chi connectivity index (χ4n) is 2.27. The molecule has 2 heteroatoms. The molecule has 0 aliphatic rings. The molecule has 2 rings (SSSR count). The molecule has 1 aromatic heterocycles. The number of benzene rings is 1. The van der Waals surface area contributed by atoms with Crippen LogP contribution in [0.2, 0.25) is 0 Å². The molecule has 0 saturated carbocycles. The van der Waals surface area contributed by atoms with Crippen LogP contribution in [-0.4, -0.2) is 10.8 Å². The summed E-state index contributed by atoms with van der Waals surface area (Å²) in [5, 5.41) is 1.09. The highest BCUT2D eigenvalue weighted by Crippen LogP contribution is 2.19. The van der Waals surface area contributed by atoms with Gasteiger partial charge in [0.1, 0.15) is 5.78 Å². The van der Waals surface area contributed by atoms with Gasteiger partial charge in [0.15, 0.2) is 0 Å². The summed E-state index contributed by atoms with van der Waals surface area (Å²) in [6, 6.07) is 9.95. The molecule has 0 aliphatic carbocycles. The number of hydrogen-bond donors (Lipinski definition) is 0. The Morgan fingerprint density at radius 3 is 2.83 bits per heavy atom. The van der Waals surface area contributed by atoms with Gasteiger partial charge >= 0.3 is 0 Å². The highest BCUT2D eigenvalue weighted by molar-refractivity contribution is 5.89. The second kappa shape index (κ2) is 5.76. The standard InChI is InChI=1S/C16H19NO/c1-3-6-12(2)16(18)11-13-9-10-17-15-8-5-4-7-14(13)15/h4-5,7-10,12H,3,6,11H2,1-2H3. The fraction of sp³-hybridized carbons (Fsp3) is 0.375. The number of para-hydroxylation sites is 1. The van der Waals surface area contributed by atoms with E-state index in [2.05, 4.69) is 11.9 Å². The lowest BCUT2D eigenvalue weighted by Crippen LogP contribution is -2.13. The topological polar surface area (TPSA) is 30.0 Å². The lowest BCUT2D eigenvalue weighted by Gasteiger charge is -2.10. The average Bonchev–Trinajstić information content (AvgIpc) is 2.39. The van der Waals surface area contributed by atoms with Crippen LogP contribution in [0.25, 0.3) is 10.9 Å². The van der Waals surface area contributed by atoms with Gasteiger partial charge in [-0.25, -0.2) is 0 Å². The third-order valence-electron chi connectivity index (χ3n) is 3.38. The highest BCUT2D eigenvalue weighted by atomic mass is 16.1. The number of carbonyl (C=O) groups is 1. The third-order valence-corrected chi connectivity index (χ3v) is 3.38. The van der Waals surface area contributed by atoms with Crippen molar-refractivity contribution in [3.05, 3.63) is 42.1 Å². The van der Waals surface area contributed by atoms with E-state index in [1.165, 1.54) is 0 Å². The normalized spacial score (nSPS) is 12.6. The van der Waals surface area contributed by atoms with E-state index in [-0.39, 0.29) is 5.92 Å². The Hall–Kier alpha value is -1.70. The molecule has 18 heavy (non-hydrogen) atoms. The van der Waals surface area contributed by atoms with Gasteiger partial charge in [-0.2, -0.15) is 0 Å². The number of nitrogens with zero attached hydrogens (tertiary/aromatic N) is 1. The molecule has 1 atom stereocenters. The molecule has 0 bridgehead atoms. The maximum absolute atomic E-state index is 12.1. The van der Waals surface area contributed by atoms with Crippen molar-refractivity contribution in [1.82, 2.24) is 4.98 Å². The maximum Gasteiger partial charge on any atom is 0.140 e. The zero-order valence-electron chi connectivity index (χ0n) is 11.0. The Morgan fingerprint density at radius 2 is 2.06 bits per heavy atom. The van der Waals surface area contributed by atoms with E-state index in [1.54, 1.807) is 6.20 Å². The van der Waals surface area contributed by atoms with Crippen molar-refractivity contribution in [2.75, 3.05) is 0 Å². The Bertz CT molecular complexity index is 542. The average molecular weight is 241 g/mol. The van der Waals surface area contributed by atoms with Crippen molar-refractivity contribution in [2.45, 2.75) is 33.1 Å². The van der Waals surface area contributed by atoms with Crippen molar-refractivity contribution in [3.8, 4) is 0 Å². The minimum Gasteiger partial charge on any atom is -0.299 e. The predicted molar refractivity (Wildman–Crippen MR) is 74.5 cm³/mol. The molecule has 0 aliphatic heterocycles. The summed E-state index contributed by atoms with van der Waals surface area (Å²) >= 11 is 0. The lowest BCUT2D eigenvalue weighted by molar-refractivity contribution is -0.121. The summed E-state index contributed by atoms with van der Waals surface area (Å²) in [6.07, 6.45) is 4.34. The first kappa shape index (κ1) is 12.7. The van der Waals surface area contributed by atoms with Crippen molar-refractivity contribution < 1.29 is 4.79 Å². The van der Waals surface area contributed by atoms with Gasteiger partial charge in [-0.3, -0.25) is 9.78 Å². The molecule has 1 aromatic carbocycles. The van der Waals surface area contributed by atoms with E-state index in [0.29, 0.717) is 12.2 Å². The molecule has 0 N–H and O–H groups in total. The Kier molecular flexibility index (Phi) is 4.08.